The Labute approximate surface area is 152 Å². The third-order valence-electron chi connectivity index (χ3n) is 4.34. The van der Waals surface area contributed by atoms with E-state index in [0.717, 1.165) is 10.5 Å². The molecule has 6 heteroatoms. The summed E-state index contributed by atoms with van der Waals surface area (Å²) < 4.78 is 5.53. The van der Waals surface area contributed by atoms with E-state index in [2.05, 4.69) is 0 Å². The molecule has 0 radical (unpaired) electrons. The van der Waals surface area contributed by atoms with Crippen LogP contribution in [0.5, 0.6) is 5.75 Å². The quantitative estimate of drug-likeness (QED) is 0.810. The number of imide groups is 1. The van der Waals surface area contributed by atoms with E-state index >= 15 is 0 Å². The summed E-state index contributed by atoms with van der Waals surface area (Å²) in [6.45, 7) is 3.56. The molecule has 0 unspecified atom stereocenters. The summed E-state index contributed by atoms with van der Waals surface area (Å²) in [4.78, 5) is 27.6. The minimum atomic E-state index is -0.966. The van der Waals surface area contributed by atoms with Crippen molar-refractivity contribution in [3.8, 4) is 5.75 Å². The smallest absolute Gasteiger partial charge is 0.332 e. The van der Waals surface area contributed by atoms with Gasteiger partial charge in [0.1, 0.15) is 24.5 Å². The van der Waals surface area contributed by atoms with Gasteiger partial charge in [-0.15, -0.1) is 0 Å². The topological polar surface area (TPSA) is 70.1 Å². The summed E-state index contributed by atoms with van der Waals surface area (Å²) in [6, 6.07) is 15.5. The van der Waals surface area contributed by atoms with Crippen LogP contribution >= 0.6 is 0 Å². The van der Waals surface area contributed by atoms with Crippen LogP contribution in [0.2, 0.25) is 0 Å². The van der Waals surface area contributed by atoms with Gasteiger partial charge in [-0.25, -0.2) is 4.79 Å². The second kappa shape index (κ2) is 7.58. The number of benzene rings is 2. The zero-order valence-corrected chi connectivity index (χ0v) is 14.8. The van der Waals surface area contributed by atoms with Crippen LogP contribution in [-0.2, 0) is 4.79 Å². The number of para-hydroxylation sites is 1. The Balaban J connectivity index is 1.62. The number of aliphatic hydroxyl groups is 1. The molecule has 0 spiro atoms. The van der Waals surface area contributed by atoms with Crippen molar-refractivity contribution < 1.29 is 19.4 Å². The molecule has 3 amide bonds. The van der Waals surface area contributed by atoms with E-state index < -0.39 is 18.2 Å². The maximum atomic E-state index is 12.7. The maximum absolute atomic E-state index is 12.7. The molecule has 3 rings (SSSR count). The number of aliphatic hydroxyl groups excluding tert-OH is 1. The Morgan fingerprint density at radius 1 is 1.08 bits per heavy atom. The van der Waals surface area contributed by atoms with E-state index in [1.54, 1.807) is 19.1 Å². The molecule has 1 aliphatic heterocycles. The van der Waals surface area contributed by atoms with Crippen LogP contribution in [0, 0.1) is 6.92 Å². The van der Waals surface area contributed by atoms with Gasteiger partial charge in [-0.05, 0) is 38.1 Å². The molecule has 0 bridgehead atoms. The Hall–Kier alpha value is -2.86. The highest BCUT2D eigenvalue weighted by atomic mass is 16.5. The number of nitrogens with zero attached hydrogens (tertiary/aromatic N) is 2. The van der Waals surface area contributed by atoms with E-state index in [9.17, 15) is 14.7 Å². The lowest BCUT2D eigenvalue weighted by atomic mass is 10.2. The van der Waals surface area contributed by atoms with Crippen LogP contribution in [-0.4, -0.2) is 47.2 Å². The summed E-state index contributed by atoms with van der Waals surface area (Å²) in [5.74, 6) is 0.307. The molecule has 26 heavy (non-hydrogen) atoms. The average Bonchev–Trinajstić information content (AvgIpc) is 2.85. The van der Waals surface area contributed by atoms with Gasteiger partial charge in [-0.1, -0.05) is 35.9 Å². The van der Waals surface area contributed by atoms with Crippen molar-refractivity contribution in [1.82, 2.24) is 4.90 Å². The van der Waals surface area contributed by atoms with Crippen molar-refractivity contribution in [2.45, 2.75) is 26.0 Å². The first-order valence-corrected chi connectivity index (χ1v) is 8.54. The molecule has 1 aliphatic rings. The zero-order chi connectivity index (χ0) is 18.7. The molecule has 1 saturated heterocycles. The van der Waals surface area contributed by atoms with Gasteiger partial charge in [0, 0.05) is 5.69 Å². The van der Waals surface area contributed by atoms with Crippen molar-refractivity contribution in [1.29, 1.82) is 0 Å². The van der Waals surface area contributed by atoms with Gasteiger partial charge in [0.25, 0.3) is 5.91 Å². The molecule has 6 nitrogen and oxygen atoms in total. The highest BCUT2D eigenvalue weighted by molar-refractivity contribution is 6.14. The lowest BCUT2D eigenvalue weighted by molar-refractivity contribution is -0.128. The predicted octanol–water partition coefficient (Wildman–Crippen LogP) is 2.59. The van der Waals surface area contributed by atoms with E-state index in [4.69, 9.17) is 4.74 Å². The molecule has 1 fully saturated rings. The second-order valence-electron chi connectivity index (χ2n) is 6.39. The fraction of sp³-hybridized carbons (Fsp3) is 0.300. The highest BCUT2D eigenvalue weighted by Gasteiger charge is 2.43. The first kappa shape index (κ1) is 17.9. The monoisotopic (exact) mass is 354 g/mol. The van der Waals surface area contributed by atoms with Crippen LogP contribution in [0.3, 0.4) is 0 Å². The first-order chi connectivity index (χ1) is 12.5. The Kier molecular flexibility index (Phi) is 5.23. The van der Waals surface area contributed by atoms with Crippen molar-refractivity contribution in [2.75, 3.05) is 18.1 Å². The Morgan fingerprint density at radius 3 is 2.38 bits per heavy atom. The minimum Gasteiger partial charge on any atom is -0.491 e. The highest BCUT2D eigenvalue weighted by Crippen LogP contribution is 2.25. The average molecular weight is 354 g/mol. The van der Waals surface area contributed by atoms with Crippen molar-refractivity contribution >= 4 is 17.6 Å². The lowest BCUT2D eigenvalue weighted by Gasteiger charge is -2.20. The van der Waals surface area contributed by atoms with Crippen LogP contribution in [0.1, 0.15) is 12.5 Å². The number of rotatable bonds is 6. The summed E-state index contributed by atoms with van der Waals surface area (Å²) >= 11 is 0. The number of ether oxygens (including phenoxy) is 1. The molecule has 2 aromatic carbocycles. The van der Waals surface area contributed by atoms with E-state index in [1.807, 2.05) is 49.4 Å². The molecular formula is C20H22N2O4. The summed E-state index contributed by atoms with van der Waals surface area (Å²) in [6.07, 6.45) is -0.966. The number of hydrogen-bond donors (Lipinski definition) is 1. The fourth-order valence-electron chi connectivity index (χ4n) is 2.91. The van der Waals surface area contributed by atoms with Crippen LogP contribution in [0.4, 0.5) is 10.5 Å². The Bertz CT molecular complexity index is 776. The summed E-state index contributed by atoms with van der Waals surface area (Å²) in [7, 11) is 0. The number of aryl methyl sites for hydroxylation is 1. The molecule has 1 heterocycles. The van der Waals surface area contributed by atoms with Crippen molar-refractivity contribution in [3.05, 3.63) is 60.2 Å². The molecule has 2 aromatic rings. The van der Waals surface area contributed by atoms with Gasteiger partial charge >= 0.3 is 6.03 Å². The number of anilines is 1. The summed E-state index contributed by atoms with van der Waals surface area (Å²) in [5.41, 5.74) is 1.77. The number of carbonyl (C=O) groups is 2. The molecule has 1 N–H and O–H groups in total. The van der Waals surface area contributed by atoms with Gasteiger partial charge in [0.05, 0.1) is 6.54 Å². The SMILES string of the molecule is Cc1ccc(OC[C@H](O)CN2C(=O)[C@@H](C)N(c3ccccc3)C2=O)cc1. The van der Waals surface area contributed by atoms with Crippen LogP contribution in [0.25, 0.3) is 0 Å². The third kappa shape index (κ3) is 3.70. The molecule has 136 valence electrons. The van der Waals surface area contributed by atoms with Gasteiger partial charge < -0.3 is 9.84 Å². The molecule has 0 aliphatic carbocycles. The third-order valence-corrected chi connectivity index (χ3v) is 4.34. The van der Waals surface area contributed by atoms with Gasteiger partial charge in [0.15, 0.2) is 0 Å². The fourth-order valence-corrected chi connectivity index (χ4v) is 2.91. The van der Waals surface area contributed by atoms with Gasteiger partial charge in [-0.3, -0.25) is 14.6 Å². The number of urea groups is 1. The normalized spacial score (nSPS) is 18.3. The molecule has 2 atom stereocenters. The van der Waals surface area contributed by atoms with Crippen molar-refractivity contribution in [3.63, 3.8) is 0 Å². The maximum Gasteiger partial charge on any atom is 0.332 e. The number of hydrogen-bond acceptors (Lipinski definition) is 4. The number of amides is 3. The van der Waals surface area contributed by atoms with Gasteiger partial charge in [-0.2, -0.15) is 0 Å². The first-order valence-electron chi connectivity index (χ1n) is 8.54. The molecule has 0 aromatic heterocycles. The van der Waals surface area contributed by atoms with E-state index in [-0.39, 0.29) is 19.1 Å². The lowest BCUT2D eigenvalue weighted by Crippen LogP contribution is -2.40. The predicted molar refractivity (Wildman–Crippen MR) is 98.2 cm³/mol. The standard InChI is InChI=1S/C20H22N2O4/c1-14-8-10-18(11-9-14)26-13-17(23)12-21-19(24)15(2)22(20(21)25)16-6-4-3-5-7-16/h3-11,15,17,23H,12-13H2,1-2H3/t15-,17-/m1/s1. The minimum absolute atomic E-state index is 0.000160. The largest absolute Gasteiger partial charge is 0.491 e. The number of β-amino-alcohol motifs (C(OH)–C–C–N with tert-alkyl or cyclic N) is 1. The molecule has 0 saturated carbocycles. The number of carbonyl (C=O) groups excluding carboxylic acids is 2. The van der Waals surface area contributed by atoms with Crippen LogP contribution < -0.4 is 9.64 Å². The second-order valence-corrected chi connectivity index (χ2v) is 6.39. The molecular weight excluding hydrogens is 332 g/mol. The van der Waals surface area contributed by atoms with Gasteiger partial charge in [0.2, 0.25) is 0 Å². The Morgan fingerprint density at radius 2 is 1.73 bits per heavy atom. The zero-order valence-electron chi connectivity index (χ0n) is 14.8. The van der Waals surface area contributed by atoms with E-state index in [0.29, 0.717) is 11.4 Å². The van der Waals surface area contributed by atoms with Crippen molar-refractivity contribution in [2.24, 2.45) is 0 Å². The summed E-state index contributed by atoms with van der Waals surface area (Å²) in [5, 5.41) is 10.2. The van der Waals surface area contributed by atoms with E-state index in [1.165, 1.54) is 4.90 Å². The van der Waals surface area contributed by atoms with Crippen LogP contribution in [0.15, 0.2) is 54.6 Å².